The predicted molar refractivity (Wildman–Crippen MR) is 57.5 cm³/mol. The van der Waals surface area contributed by atoms with Crippen LogP contribution in [0.4, 0.5) is 0 Å². The zero-order valence-corrected chi connectivity index (χ0v) is 9.71. The molecule has 0 spiro atoms. The van der Waals surface area contributed by atoms with E-state index < -0.39 is 17.9 Å². The Kier molecular flexibility index (Phi) is 4.58. The van der Waals surface area contributed by atoms with Crippen LogP contribution in [0.25, 0.3) is 0 Å². The van der Waals surface area contributed by atoms with Crippen LogP contribution in [0.3, 0.4) is 0 Å². The summed E-state index contributed by atoms with van der Waals surface area (Å²) in [5.41, 5.74) is 5.39. The van der Waals surface area contributed by atoms with Gasteiger partial charge in [-0.05, 0) is 6.92 Å². The lowest BCUT2D eigenvalue weighted by Gasteiger charge is -2.10. The number of amides is 1. The zero-order valence-electron chi connectivity index (χ0n) is 9.71. The van der Waals surface area contributed by atoms with Gasteiger partial charge in [-0.25, -0.2) is 4.79 Å². The highest BCUT2D eigenvalue weighted by molar-refractivity contribution is 6.01. The van der Waals surface area contributed by atoms with Gasteiger partial charge in [-0.15, -0.1) is 10.2 Å². The maximum Gasteiger partial charge on any atom is 0.332 e. The first kappa shape index (κ1) is 13.1. The van der Waals surface area contributed by atoms with Crippen molar-refractivity contribution < 1.29 is 14.3 Å². The molecule has 0 aliphatic carbocycles. The zero-order chi connectivity index (χ0) is 12.8. The minimum absolute atomic E-state index is 0.155. The Morgan fingerprint density at radius 3 is 2.88 bits per heavy atom. The number of hydrogen-bond donors (Lipinski definition) is 2. The van der Waals surface area contributed by atoms with Crippen LogP contribution in [0, 0.1) is 0 Å². The lowest BCUT2D eigenvalue weighted by Crippen LogP contribution is -2.46. The van der Waals surface area contributed by atoms with Gasteiger partial charge in [0.15, 0.2) is 11.9 Å². The van der Waals surface area contributed by atoms with E-state index in [-0.39, 0.29) is 13.2 Å². The summed E-state index contributed by atoms with van der Waals surface area (Å²) in [4.78, 5) is 22.6. The fourth-order valence-electron chi connectivity index (χ4n) is 1.08. The summed E-state index contributed by atoms with van der Waals surface area (Å²) in [6, 6.07) is -1.32. The number of nitrogens with two attached hydrogens (primary N) is 1. The molecule has 1 heterocycles. The second-order valence-electron chi connectivity index (χ2n) is 3.31. The van der Waals surface area contributed by atoms with Gasteiger partial charge in [-0.2, -0.15) is 0 Å². The molecule has 1 amide bonds. The predicted octanol–water partition coefficient (Wildman–Crippen LogP) is -1.68. The lowest BCUT2D eigenvalue weighted by atomic mass is 10.3. The SMILES string of the molecule is CCOC(=O)C(N)C(=O)NCc1nncn1C. The van der Waals surface area contributed by atoms with Crippen LogP contribution in [-0.2, 0) is 27.9 Å². The van der Waals surface area contributed by atoms with Gasteiger partial charge in [0, 0.05) is 7.05 Å². The van der Waals surface area contributed by atoms with E-state index in [2.05, 4.69) is 20.3 Å². The minimum Gasteiger partial charge on any atom is -0.464 e. The van der Waals surface area contributed by atoms with Gasteiger partial charge >= 0.3 is 5.97 Å². The number of ether oxygens (including phenoxy) is 1. The van der Waals surface area contributed by atoms with Crippen molar-refractivity contribution in [1.29, 1.82) is 0 Å². The molecule has 0 radical (unpaired) electrons. The molecule has 8 nitrogen and oxygen atoms in total. The summed E-state index contributed by atoms with van der Waals surface area (Å²) >= 11 is 0. The molecule has 8 heteroatoms. The molecule has 1 rings (SSSR count). The molecule has 0 saturated heterocycles. The molecule has 1 aromatic rings. The van der Waals surface area contributed by atoms with E-state index in [1.807, 2.05) is 0 Å². The Morgan fingerprint density at radius 1 is 1.65 bits per heavy atom. The summed E-state index contributed by atoms with van der Waals surface area (Å²) in [5.74, 6) is -0.788. The first-order chi connectivity index (χ1) is 8.06. The molecule has 1 unspecified atom stereocenters. The number of carbonyl (C=O) groups excluding carboxylic acids is 2. The van der Waals surface area contributed by atoms with Crippen molar-refractivity contribution in [1.82, 2.24) is 20.1 Å². The van der Waals surface area contributed by atoms with Crippen molar-refractivity contribution in [2.24, 2.45) is 12.8 Å². The van der Waals surface area contributed by atoms with Crippen molar-refractivity contribution in [2.75, 3.05) is 6.61 Å². The highest BCUT2D eigenvalue weighted by atomic mass is 16.5. The van der Waals surface area contributed by atoms with Gasteiger partial charge in [-0.3, -0.25) is 4.79 Å². The van der Waals surface area contributed by atoms with E-state index in [0.29, 0.717) is 5.82 Å². The number of hydrogen-bond acceptors (Lipinski definition) is 6. The molecule has 0 aromatic carbocycles. The molecule has 0 fully saturated rings. The molecule has 17 heavy (non-hydrogen) atoms. The van der Waals surface area contributed by atoms with E-state index in [4.69, 9.17) is 5.73 Å². The van der Waals surface area contributed by atoms with Gasteiger partial charge < -0.3 is 20.4 Å². The van der Waals surface area contributed by atoms with Crippen molar-refractivity contribution in [3.8, 4) is 0 Å². The Morgan fingerprint density at radius 2 is 2.35 bits per heavy atom. The molecule has 1 aromatic heterocycles. The average Bonchev–Trinajstić information content (AvgIpc) is 2.71. The molecular weight excluding hydrogens is 226 g/mol. The van der Waals surface area contributed by atoms with Crippen LogP contribution in [0.1, 0.15) is 12.7 Å². The molecule has 0 aliphatic heterocycles. The maximum absolute atomic E-state index is 11.5. The number of aryl methyl sites for hydroxylation is 1. The van der Waals surface area contributed by atoms with Crippen LogP contribution in [0.5, 0.6) is 0 Å². The van der Waals surface area contributed by atoms with Crippen molar-refractivity contribution in [3.05, 3.63) is 12.2 Å². The van der Waals surface area contributed by atoms with E-state index in [0.717, 1.165) is 0 Å². The normalized spacial score (nSPS) is 11.9. The van der Waals surface area contributed by atoms with Crippen molar-refractivity contribution in [2.45, 2.75) is 19.5 Å². The number of aromatic nitrogens is 3. The van der Waals surface area contributed by atoms with E-state index in [1.54, 1.807) is 18.5 Å². The maximum atomic E-state index is 11.5. The smallest absolute Gasteiger partial charge is 0.332 e. The molecule has 3 N–H and O–H groups in total. The van der Waals surface area contributed by atoms with Crippen LogP contribution < -0.4 is 11.1 Å². The third kappa shape index (κ3) is 3.52. The summed E-state index contributed by atoms with van der Waals surface area (Å²) < 4.78 is 6.28. The van der Waals surface area contributed by atoms with Gasteiger partial charge in [0.25, 0.3) is 0 Å². The third-order valence-electron chi connectivity index (χ3n) is 2.05. The molecule has 0 saturated carbocycles. The van der Waals surface area contributed by atoms with Crippen molar-refractivity contribution in [3.63, 3.8) is 0 Å². The van der Waals surface area contributed by atoms with Crippen LogP contribution in [0.15, 0.2) is 6.33 Å². The quantitative estimate of drug-likeness (QED) is 0.470. The van der Waals surface area contributed by atoms with Crippen LogP contribution >= 0.6 is 0 Å². The van der Waals surface area contributed by atoms with E-state index >= 15 is 0 Å². The standard InChI is InChI=1S/C9H15N5O3/c1-3-17-9(16)7(10)8(15)11-4-6-13-12-5-14(6)2/h5,7H,3-4,10H2,1-2H3,(H,11,15). The number of nitrogens with zero attached hydrogens (tertiary/aromatic N) is 3. The van der Waals surface area contributed by atoms with Gasteiger partial charge in [0.2, 0.25) is 5.91 Å². The highest BCUT2D eigenvalue weighted by Crippen LogP contribution is 1.92. The van der Waals surface area contributed by atoms with Crippen LogP contribution in [0.2, 0.25) is 0 Å². The fourth-order valence-corrected chi connectivity index (χ4v) is 1.08. The first-order valence-electron chi connectivity index (χ1n) is 5.09. The average molecular weight is 241 g/mol. The monoisotopic (exact) mass is 241 g/mol. The Bertz CT molecular complexity index is 403. The Hall–Kier alpha value is -1.96. The molecule has 1 atom stereocenters. The van der Waals surface area contributed by atoms with Gasteiger partial charge in [-0.1, -0.05) is 0 Å². The number of esters is 1. The van der Waals surface area contributed by atoms with Crippen molar-refractivity contribution >= 4 is 11.9 Å². The lowest BCUT2D eigenvalue weighted by molar-refractivity contribution is -0.148. The van der Waals surface area contributed by atoms with E-state index in [9.17, 15) is 9.59 Å². The summed E-state index contributed by atoms with van der Waals surface area (Å²) in [6.07, 6.45) is 1.51. The second kappa shape index (κ2) is 5.94. The largest absolute Gasteiger partial charge is 0.464 e. The number of rotatable bonds is 5. The first-order valence-corrected chi connectivity index (χ1v) is 5.09. The van der Waals surface area contributed by atoms with Crippen LogP contribution in [-0.4, -0.2) is 39.3 Å². The molecular formula is C9H15N5O3. The highest BCUT2D eigenvalue weighted by Gasteiger charge is 2.23. The molecule has 0 bridgehead atoms. The summed E-state index contributed by atoms with van der Waals surface area (Å²) in [6.45, 7) is 1.98. The molecule has 94 valence electrons. The number of carbonyl (C=O) groups is 2. The fraction of sp³-hybridized carbons (Fsp3) is 0.556. The topological polar surface area (TPSA) is 112 Å². The molecule has 0 aliphatic rings. The number of nitrogens with one attached hydrogen (secondary N) is 1. The Labute approximate surface area is 98.1 Å². The minimum atomic E-state index is -1.32. The van der Waals surface area contributed by atoms with Gasteiger partial charge in [0.05, 0.1) is 13.2 Å². The Balaban J connectivity index is 2.44. The van der Waals surface area contributed by atoms with E-state index in [1.165, 1.54) is 6.33 Å². The third-order valence-corrected chi connectivity index (χ3v) is 2.05. The van der Waals surface area contributed by atoms with Gasteiger partial charge in [0.1, 0.15) is 6.33 Å². The summed E-state index contributed by atoms with van der Waals surface area (Å²) in [7, 11) is 1.74. The second-order valence-corrected chi connectivity index (χ2v) is 3.31. The summed E-state index contributed by atoms with van der Waals surface area (Å²) in [5, 5.41) is 9.89.